The quantitative estimate of drug-likeness (QED) is 0.455. The van der Waals surface area contributed by atoms with E-state index in [9.17, 15) is 10.1 Å². The summed E-state index contributed by atoms with van der Waals surface area (Å²) in [5, 5.41) is 11.0. The Bertz CT molecular complexity index is 959. The van der Waals surface area contributed by atoms with Gasteiger partial charge in [0, 0.05) is 37.5 Å². The van der Waals surface area contributed by atoms with Crippen molar-refractivity contribution in [2.45, 2.75) is 12.7 Å². The predicted molar refractivity (Wildman–Crippen MR) is 113 cm³/mol. The average Bonchev–Trinajstić information content (AvgIpc) is 3.18. The van der Waals surface area contributed by atoms with E-state index in [1.807, 2.05) is 30.3 Å². The van der Waals surface area contributed by atoms with Crippen molar-refractivity contribution < 1.29 is 9.66 Å². The summed E-state index contributed by atoms with van der Waals surface area (Å²) in [4.78, 5) is 15.4. The largest absolute Gasteiger partial charge is 0.497 e. The lowest BCUT2D eigenvalue weighted by molar-refractivity contribution is -0.384. The van der Waals surface area contributed by atoms with E-state index in [1.165, 1.54) is 5.56 Å². The second-order valence-electron chi connectivity index (χ2n) is 7.07. The SMILES string of the molecule is COc1ccc(C2N(Cc3ccccc3)CCN2c2ccc([N+](=O)[O-])cc2)cc1. The summed E-state index contributed by atoms with van der Waals surface area (Å²) in [6, 6.07) is 25.4. The molecule has 6 nitrogen and oxygen atoms in total. The Labute approximate surface area is 170 Å². The number of ether oxygens (including phenoxy) is 1. The first kappa shape index (κ1) is 19.0. The number of hydrogen-bond acceptors (Lipinski definition) is 5. The molecule has 3 aromatic rings. The van der Waals surface area contributed by atoms with Crippen molar-refractivity contribution >= 4 is 11.4 Å². The number of anilines is 1. The molecule has 1 saturated heterocycles. The third-order valence-corrected chi connectivity index (χ3v) is 5.30. The Morgan fingerprint density at radius 3 is 2.28 bits per heavy atom. The van der Waals surface area contributed by atoms with Gasteiger partial charge in [-0.25, -0.2) is 0 Å². The van der Waals surface area contributed by atoms with Gasteiger partial charge in [0.2, 0.25) is 0 Å². The van der Waals surface area contributed by atoms with Gasteiger partial charge < -0.3 is 9.64 Å². The molecular weight excluding hydrogens is 366 g/mol. The van der Waals surface area contributed by atoms with Gasteiger partial charge in [-0.3, -0.25) is 15.0 Å². The molecule has 1 aliphatic rings. The number of methoxy groups -OCH3 is 1. The highest BCUT2D eigenvalue weighted by molar-refractivity contribution is 5.53. The van der Waals surface area contributed by atoms with Gasteiger partial charge in [0.1, 0.15) is 11.9 Å². The lowest BCUT2D eigenvalue weighted by atomic mass is 10.1. The van der Waals surface area contributed by atoms with Crippen molar-refractivity contribution in [3.8, 4) is 5.75 Å². The molecule has 0 aliphatic carbocycles. The van der Waals surface area contributed by atoms with E-state index in [0.717, 1.165) is 36.6 Å². The summed E-state index contributed by atoms with van der Waals surface area (Å²) in [5.74, 6) is 0.822. The molecule has 0 N–H and O–H groups in total. The lowest BCUT2D eigenvalue weighted by Crippen LogP contribution is -2.30. The van der Waals surface area contributed by atoms with Gasteiger partial charge in [-0.2, -0.15) is 0 Å². The van der Waals surface area contributed by atoms with Crippen molar-refractivity contribution in [3.05, 3.63) is 100 Å². The molecule has 3 aromatic carbocycles. The molecule has 1 heterocycles. The van der Waals surface area contributed by atoms with E-state index in [2.05, 4.69) is 46.2 Å². The van der Waals surface area contributed by atoms with Crippen LogP contribution in [0, 0.1) is 10.1 Å². The van der Waals surface area contributed by atoms with Crippen LogP contribution in [-0.2, 0) is 6.54 Å². The molecule has 1 fully saturated rings. The van der Waals surface area contributed by atoms with E-state index in [1.54, 1.807) is 19.2 Å². The van der Waals surface area contributed by atoms with Crippen LogP contribution < -0.4 is 9.64 Å². The van der Waals surface area contributed by atoms with Crippen LogP contribution in [0.4, 0.5) is 11.4 Å². The topological polar surface area (TPSA) is 58.8 Å². The summed E-state index contributed by atoms with van der Waals surface area (Å²) in [6.45, 7) is 2.59. The molecule has 1 aliphatic heterocycles. The molecule has 4 rings (SSSR count). The molecule has 0 bridgehead atoms. The molecule has 1 atom stereocenters. The summed E-state index contributed by atoms with van der Waals surface area (Å²) in [7, 11) is 1.66. The normalized spacial score (nSPS) is 16.7. The monoisotopic (exact) mass is 389 g/mol. The third kappa shape index (κ3) is 4.07. The summed E-state index contributed by atoms with van der Waals surface area (Å²) >= 11 is 0. The van der Waals surface area contributed by atoms with Gasteiger partial charge in [0.05, 0.1) is 12.0 Å². The number of non-ortho nitro benzene ring substituents is 1. The molecule has 0 radical (unpaired) electrons. The van der Waals surface area contributed by atoms with Crippen LogP contribution >= 0.6 is 0 Å². The highest BCUT2D eigenvalue weighted by Crippen LogP contribution is 2.36. The smallest absolute Gasteiger partial charge is 0.269 e. The van der Waals surface area contributed by atoms with Gasteiger partial charge in [-0.1, -0.05) is 42.5 Å². The van der Waals surface area contributed by atoms with E-state index in [4.69, 9.17) is 4.74 Å². The fourth-order valence-corrected chi connectivity index (χ4v) is 3.86. The fourth-order valence-electron chi connectivity index (χ4n) is 3.86. The number of nitro benzene ring substituents is 1. The van der Waals surface area contributed by atoms with Gasteiger partial charge in [0.25, 0.3) is 5.69 Å². The van der Waals surface area contributed by atoms with Gasteiger partial charge in [-0.05, 0) is 35.4 Å². The molecule has 6 heteroatoms. The van der Waals surface area contributed by atoms with Crippen molar-refractivity contribution in [2.24, 2.45) is 0 Å². The van der Waals surface area contributed by atoms with Gasteiger partial charge in [0.15, 0.2) is 0 Å². The first-order chi connectivity index (χ1) is 14.2. The van der Waals surface area contributed by atoms with E-state index >= 15 is 0 Å². The molecule has 0 aromatic heterocycles. The molecule has 0 saturated carbocycles. The number of rotatable bonds is 6. The molecule has 1 unspecified atom stereocenters. The minimum atomic E-state index is -0.365. The van der Waals surface area contributed by atoms with Crippen molar-refractivity contribution in [1.29, 1.82) is 0 Å². The van der Waals surface area contributed by atoms with Crippen molar-refractivity contribution in [2.75, 3.05) is 25.1 Å². The first-order valence-corrected chi connectivity index (χ1v) is 9.59. The Balaban J connectivity index is 1.66. The predicted octanol–water partition coefficient (Wildman–Crippen LogP) is 4.62. The van der Waals surface area contributed by atoms with E-state index in [0.29, 0.717) is 0 Å². The molecule has 148 valence electrons. The zero-order valence-corrected chi connectivity index (χ0v) is 16.3. The second-order valence-corrected chi connectivity index (χ2v) is 7.07. The molecule has 0 spiro atoms. The van der Waals surface area contributed by atoms with E-state index in [-0.39, 0.29) is 16.8 Å². The third-order valence-electron chi connectivity index (χ3n) is 5.30. The number of hydrogen-bond donors (Lipinski definition) is 0. The molecular formula is C23H23N3O3. The van der Waals surface area contributed by atoms with Crippen LogP contribution in [0.1, 0.15) is 17.3 Å². The van der Waals surface area contributed by atoms with Crippen molar-refractivity contribution in [3.63, 3.8) is 0 Å². The minimum absolute atomic E-state index is 0.0440. The highest BCUT2D eigenvalue weighted by Gasteiger charge is 2.33. The maximum Gasteiger partial charge on any atom is 0.269 e. The number of benzene rings is 3. The number of nitro groups is 1. The van der Waals surface area contributed by atoms with Crippen LogP contribution in [0.25, 0.3) is 0 Å². The maximum atomic E-state index is 11.0. The maximum absolute atomic E-state index is 11.0. The Kier molecular flexibility index (Phi) is 5.44. The average molecular weight is 389 g/mol. The zero-order chi connectivity index (χ0) is 20.2. The second kappa shape index (κ2) is 8.32. The zero-order valence-electron chi connectivity index (χ0n) is 16.3. The van der Waals surface area contributed by atoms with Crippen LogP contribution in [0.15, 0.2) is 78.9 Å². The highest BCUT2D eigenvalue weighted by atomic mass is 16.6. The van der Waals surface area contributed by atoms with Gasteiger partial charge >= 0.3 is 0 Å². The Morgan fingerprint density at radius 1 is 0.966 bits per heavy atom. The lowest BCUT2D eigenvalue weighted by Gasteiger charge is -2.32. The van der Waals surface area contributed by atoms with Crippen LogP contribution in [0.5, 0.6) is 5.75 Å². The number of nitrogens with zero attached hydrogens (tertiary/aromatic N) is 3. The Hall–Kier alpha value is -3.38. The van der Waals surface area contributed by atoms with Crippen LogP contribution in [0.3, 0.4) is 0 Å². The molecule has 29 heavy (non-hydrogen) atoms. The summed E-state index contributed by atoms with van der Waals surface area (Å²) in [6.07, 6.45) is 0.0440. The first-order valence-electron chi connectivity index (χ1n) is 9.59. The molecule has 0 amide bonds. The standard InChI is InChI=1S/C23H23N3O3/c1-29-22-13-7-19(8-14-22)23-24(17-18-5-3-2-4-6-18)15-16-25(23)20-9-11-21(12-10-20)26(27)28/h2-14,23H,15-17H2,1H3. The Morgan fingerprint density at radius 2 is 1.66 bits per heavy atom. The van der Waals surface area contributed by atoms with Crippen LogP contribution in [-0.4, -0.2) is 30.0 Å². The summed E-state index contributed by atoms with van der Waals surface area (Å²) < 4.78 is 5.31. The van der Waals surface area contributed by atoms with E-state index < -0.39 is 0 Å². The van der Waals surface area contributed by atoms with Crippen molar-refractivity contribution in [1.82, 2.24) is 4.90 Å². The summed E-state index contributed by atoms with van der Waals surface area (Å²) in [5.41, 5.74) is 3.51. The van der Waals surface area contributed by atoms with Crippen LogP contribution in [0.2, 0.25) is 0 Å². The fraction of sp³-hybridized carbons (Fsp3) is 0.217. The van der Waals surface area contributed by atoms with Gasteiger partial charge in [-0.15, -0.1) is 0 Å². The minimum Gasteiger partial charge on any atom is -0.497 e.